The number of aliphatic imine (C=N–C) groups is 1. The minimum atomic E-state index is -0.498. The number of benzene rings is 1. The molecule has 2 heterocycles. The Morgan fingerprint density at radius 1 is 1.45 bits per heavy atom. The van der Waals surface area contributed by atoms with Crippen molar-refractivity contribution in [3.63, 3.8) is 0 Å². The number of nitrogens with zero attached hydrogens (tertiary/aromatic N) is 4. The average molecular weight is 399 g/mol. The molecule has 3 rings (SSSR count). The Morgan fingerprint density at radius 2 is 2.28 bits per heavy atom. The molecule has 156 valence electrons. The third-order valence-corrected chi connectivity index (χ3v) is 4.69. The highest BCUT2D eigenvalue weighted by molar-refractivity contribution is 5.80. The summed E-state index contributed by atoms with van der Waals surface area (Å²) in [5, 5.41) is 11.4. The van der Waals surface area contributed by atoms with Crippen LogP contribution in [-0.4, -0.2) is 46.3 Å². The first-order valence-electron chi connectivity index (χ1n) is 9.85. The Labute approximate surface area is 170 Å². The molecule has 0 bridgehead atoms. The molecular formula is C20H29N7O2. The van der Waals surface area contributed by atoms with E-state index in [1.807, 2.05) is 22.9 Å². The summed E-state index contributed by atoms with van der Waals surface area (Å²) in [6.45, 7) is 5.43. The lowest BCUT2D eigenvalue weighted by Gasteiger charge is -2.25. The number of aromatic nitrogens is 3. The summed E-state index contributed by atoms with van der Waals surface area (Å²) in [5.41, 5.74) is 6.13. The Balaban J connectivity index is 1.53. The molecule has 0 saturated heterocycles. The molecule has 4 N–H and O–H groups in total. The van der Waals surface area contributed by atoms with E-state index in [9.17, 15) is 4.79 Å². The molecule has 1 unspecified atom stereocenters. The largest absolute Gasteiger partial charge is 0.484 e. The van der Waals surface area contributed by atoms with Gasteiger partial charge < -0.3 is 21.1 Å². The standard InChI is InChI=1S/C20H29N7O2/c1-13(2)19-25-18-8-7-15(11-27(18)26-19)24-20(22-3)23-10-14-5-4-6-16(9-14)29-12-17(21)28/h4-6,9,13,15H,7-8,10-12H2,1-3H3,(H2,21,28)(H2,22,23,24). The first-order valence-corrected chi connectivity index (χ1v) is 9.85. The zero-order valence-corrected chi connectivity index (χ0v) is 17.2. The average Bonchev–Trinajstić information content (AvgIpc) is 3.13. The molecule has 9 nitrogen and oxygen atoms in total. The third kappa shape index (κ3) is 5.69. The fourth-order valence-corrected chi connectivity index (χ4v) is 3.16. The number of amides is 1. The maximum Gasteiger partial charge on any atom is 0.255 e. The number of ether oxygens (including phenoxy) is 1. The van der Waals surface area contributed by atoms with Crippen molar-refractivity contribution in [3.05, 3.63) is 41.5 Å². The number of carbonyl (C=O) groups excluding carboxylic acids is 1. The molecule has 29 heavy (non-hydrogen) atoms. The number of hydrogen-bond donors (Lipinski definition) is 3. The van der Waals surface area contributed by atoms with Crippen LogP contribution in [0.5, 0.6) is 5.75 Å². The molecule has 0 aliphatic carbocycles. The van der Waals surface area contributed by atoms with Gasteiger partial charge in [-0.15, -0.1) is 0 Å². The highest BCUT2D eigenvalue weighted by atomic mass is 16.5. The number of rotatable bonds is 7. The van der Waals surface area contributed by atoms with E-state index in [2.05, 4.69) is 39.6 Å². The first kappa shape index (κ1) is 20.6. The number of carbonyl (C=O) groups is 1. The van der Waals surface area contributed by atoms with Crippen molar-refractivity contribution < 1.29 is 9.53 Å². The Kier molecular flexibility index (Phi) is 6.69. The lowest BCUT2D eigenvalue weighted by molar-refractivity contribution is -0.119. The van der Waals surface area contributed by atoms with E-state index >= 15 is 0 Å². The molecule has 0 saturated carbocycles. The van der Waals surface area contributed by atoms with Crippen LogP contribution < -0.4 is 21.1 Å². The second-order valence-electron chi connectivity index (χ2n) is 7.43. The highest BCUT2D eigenvalue weighted by Crippen LogP contribution is 2.17. The number of hydrogen-bond acceptors (Lipinski definition) is 5. The zero-order valence-electron chi connectivity index (χ0n) is 17.2. The molecule has 1 amide bonds. The summed E-state index contributed by atoms with van der Waals surface area (Å²) in [4.78, 5) is 19.8. The fraction of sp³-hybridized carbons (Fsp3) is 0.500. The van der Waals surface area contributed by atoms with Gasteiger partial charge in [0, 0.05) is 32.0 Å². The monoisotopic (exact) mass is 399 g/mol. The number of guanidine groups is 1. The van der Waals surface area contributed by atoms with Crippen LogP contribution in [-0.2, 0) is 24.3 Å². The summed E-state index contributed by atoms with van der Waals surface area (Å²) < 4.78 is 7.35. The maximum atomic E-state index is 10.9. The van der Waals surface area contributed by atoms with Crippen molar-refractivity contribution in [3.8, 4) is 5.75 Å². The number of primary amides is 1. The number of aryl methyl sites for hydroxylation is 1. The second-order valence-corrected chi connectivity index (χ2v) is 7.43. The van der Waals surface area contributed by atoms with Crippen LogP contribution in [0.3, 0.4) is 0 Å². The van der Waals surface area contributed by atoms with Gasteiger partial charge in [-0.3, -0.25) is 9.79 Å². The molecule has 0 radical (unpaired) electrons. The van der Waals surface area contributed by atoms with Crippen molar-refractivity contribution in [1.82, 2.24) is 25.4 Å². The van der Waals surface area contributed by atoms with Crippen molar-refractivity contribution in [2.24, 2.45) is 10.7 Å². The van der Waals surface area contributed by atoms with E-state index in [-0.39, 0.29) is 12.6 Å². The number of fused-ring (bicyclic) bond motifs is 1. The molecule has 1 aromatic heterocycles. The van der Waals surface area contributed by atoms with Gasteiger partial charge in [-0.05, 0) is 24.1 Å². The highest BCUT2D eigenvalue weighted by Gasteiger charge is 2.23. The van der Waals surface area contributed by atoms with E-state index in [1.54, 1.807) is 13.1 Å². The van der Waals surface area contributed by atoms with Gasteiger partial charge >= 0.3 is 0 Å². The van der Waals surface area contributed by atoms with Gasteiger partial charge in [0.1, 0.15) is 11.6 Å². The zero-order chi connectivity index (χ0) is 20.8. The second kappa shape index (κ2) is 9.40. The quantitative estimate of drug-likeness (QED) is 0.471. The van der Waals surface area contributed by atoms with Gasteiger partial charge in [0.05, 0.1) is 6.54 Å². The van der Waals surface area contributed by atoms with Crippen LogP contribution >= 0.6 is 0 Å². The summed E-state index contributed by atoms with van der Waals surface area (Å²) in [6, 6.07) is 7.76. The topological polar surface area (TPSA) is 119 Å². The minimum absolute atomic E-state index is 0.134. The predicted octanol–water partition coefficient (Wildman–Crippen LogP) is 0.946. The SMILES string of the molecule is CN=C(NCc1cccc(OCC(N)=O)c1)NC1CCc2nc(C(C)C)nn2C1. The Morgan fingerprint density at radius 3 is 3.00 bits per heavy atom. The van der Waals surface area contributed by atoms with Crippen molar-refractivity contribution in [2.45, 2.75) is 51.7 Å². The minimum Gasteiger partial charge on any atom is -0.484 e. The Hall–Kier alpha value is -3.10. The Bertz CT molecular complexity index is 875. The predicted molar refractivity (Wildman–Crippen MR) is 111 cm³/mol. The lowest BCUT2D eigenvalue weighted by Crippen LogP contribution is -2.46. The van der Waals surface area contributed by atoms with Crippen LogP contribution in [0, 0.1) is 0 Å². The summed E-state index contributed by atoms with van der Waals surface area (Å²) >= 11 is 0. The van der Waals surface area contributed by atoms with Gasteiger partial charge in [0.25, 0.3) is 5.91 Å². The summed E-state index contributed by atoms with van der Waals surface area (Å²) in [6.07, 6.45) is 1.88. The molecule has 1 aromatic carbocycles. The molecule has 1 atom stereocenters. The lowest BCUT2D eigenvalue weighted by atomic mass is 10.1. The van der Waals surface area contributed by atoms with Crippen LogP contribution in [0.25, 0.3) is 0 Å². The van der Waals surface area contributed by atoms with Gasteiger partial charge in [0.2, 0.25) is 0 Å². The van der Waals surface area contributed by atoms with Crippen LogP contribution in [0.2, 0.25) is 0 Å². The van der Waals surface area contributed by atoms with Gasteiger partial charge in [-0.25, -0.2) is 9.67 Å². The summed E-state index contributed by atoms with van der Waals surface area (Å²) in [5.74, 6) is 3.13. The molecule has 1 aliphatic heterocycles. The van der Waals surface area contributed by atoms with E-state index in [4.69, 9.17) is 10.5 Å². The van der Waals surface area contributed by atoms with Gasteiger partial charge in [-0.1, -0.05) is 26.0 Å². The van der Waals surface area contributed by atoms with Crippen LogP contribution in [0.15, 0.2) is 29.3 Å². The van der Waals surface area contributed by atoms with E-state index in [1.165, 1.54) is 0 Å². The molecular weight excluding hydrogens is 370 g/mol. The van der Waals surface area contributed by atoms with E-state index in [0.29, 0.717) is 18.2 Å². The van der Waals surface area contributed by atoms with Gasteiger partial charge in [-0.2, -0.15) is 5.10 Å². The van der Waals surface area contributed by atoms with Crippen molar-refractivity contribution in [2.75, 3.05) is 13.7 Å². The molecule has 1 aliphatic rings. The van der Waals surface area contributed by atoms with Crippen LogP contribution in [0.4, 0.5) is 0 Å². The smallest absolute Gasteiger partial charge is 0.255 e. The number of nitrogens with two attached hydrogens (primary N) is 1. The van der Waals surface area contributed by atoms with Gasteiger partial charge in [0.15, 0.2) is 18.4 Å². The van der Waals surface area contributed by atoms with Crippen molar-refractivity contribution in [1.29, 1.82) is 0 Å². The van der Waals surface area contributed by atoms with Crippen LogP contribution in [0.1, 0.15) is 43.4 Å². The third-order valence-electron chi connectivity index (χ3n) is 4.69. The summed E-state index contributed by atoms with van der Waals surface area (Å²) in [7, 11) is 1.75. The van der Waals surface area contributed by atoms with E-state index in [0.717, 1.165) is 42.6 Å². The van der Waals surface area contributed by atoms with Crippen molar-refractivity contribution >= 4 is 11.9 Å². The number of nitrogens with one attached hydrogen (secondary N) is 2. The fourth-order valence-electron chi connectivity index (χ4n) is 3.16. The molecule has 0 fully saturated rings. The normalized spacial score (nSPS) is 16.4. The maximum absolute atomic E-state index is 10.9. The van der Waals surface area contributed by atoms with E-state index < -0.39 is 5.91 Å². The molecule has 9 heteroatoms. The molecule has 2 aromatic rings. The first-order chi connectivity index (χ1) is 13.9. The molecule has 0 spiro atoms.